The Labute approximate surface area is 154 Å². The Balaban J connectivity index is 1.55. The number of aryl methyl sites for hydroxylation is 1. The molecule has 7 heteroatoms. The van der Waals surface area contributed by atoms with Crippen molar-refractivity contribution in [3.8, 4) is 0 Å². The van der Waals surface area contributed by atoms with Gasteiger partial charge in [-0.05, 0) is 31.9 Å². The van der Waals surface area contributed by atoms with Gasteiger partial charge in [-0.15, -0.1) is 11.3 Å². The number of imidazole rings is 1. The Morgan fingerprint density at radius 3 is 2.50 bits per heavy atom. The predicted molar refractivity (Wildman–Crippen MR) is 96.7 cm³/mol. The van der Waals surface area contributed by atoms with Crippen LogP contribution in [0, 0.1) is 18.6 Å². The summed E-state index contributed by atoms with van der Waals surface area (Å²) < 4.78 is 28.9. The number of hydrogen-bond acceptors (Lipinski definition) is 3. The van der Waals surface area contributed by atoms with E-state index in [1.54, 1.807) is 16.2 Å². The number of rotatable bonds is 2. The summed E-state index contributed by atoms with van der Waals surface area (Å²) >= 11 is 1.67. The molecule has 4 rings (SSSR count). The van der Waals surface area contributed by atoms with Gasteiger partial charge in [0.2, 0.25) is 0 Å². The van der Waals surface area contributed by atoms with E-state index in [1.807, 2.05) is 18.5 Å². The highest BCUT2D eigenvalue weighted by Crippen LogP contribution is 2.38. The molecule has 26 heavy (non-hydrogen) atoms. The summed E-state index contributed by atoms with van der Waals surface area (Å²) in [5, 5.41) is 2.05. The zero-order chi connectivity index (χ0) is 18.5. The molecule has 1 amide bonds. The molecular weight excluding hydrogens is 356 g/mol. The molecule has 0 spiro atoms. The van der Waals surface area contributed by atoms with Crippen molar-refractivity contribution in [2.45, 2.75) is 32.1 Å². The highest BCUT2D eigenvalue weighted by Gasteiger charge is 2.37. The van der Waals surface area contributed by atoms with E-state index < -0.39 is 11.6 Å². The van der Waals surface area contributed by atoms with E-state index in [4.69, 9.17) is 4.98 Å². The topological polar surface area (TPSA) is 37.6 Å². The van der Waals surface area contributed by atoms with Crippen LogP contribution >= 0.6 is 11.3 Å². The van der Waals surface area contributed by atoms with Gasteiger partial charge in [-0.3, -0.25) is 9.20 Å². The normalized spacial score (nSPS) is 17.0. The second kappa shape index (κ2) is 6.16. The third-order valence-corrected chi connectivity index (χ3v) is 6.14. The summed E-state index contributed by atoms with van der Waals surface area (Å²) in [7, 11) is 0. The van der Waals surface area contributed by atoms with Crippen molar-refractivity contribution in [2.75, 3.05) is 13.1 Å². The SMILES string of the molecule is Cc1nc(C2(C)CCN(C(=O)c3cc(F)cc(F)c3)CC2)c2sccn12. The number of likely N-dealkylation sites (tertiary alicyclic amines) is 1. The molecule has 136 valence electrons. The lowest BCUT2D eigenvalue weighted by Gasteiger charge is -2.38. The monoisotopic (exact) mass is 375 g/mol. The number of carbonyl (C=O) groups is 1. The average molecular weight is 375 g/mol. The molecule has 0 N–H and O–H groups in total. The van der Waals surface area contributed by atoms with Gasteiger partial charge in [0.05, 0.1) is 5.69 Å². The van der Waals surface area contributed by atoms with Crippen LogP contribution in [-0.2, 0) is 5.41 Å². The van der Waals surface area contributed by atoms with Crippen molar-refractivity contribution in [3.05, 3.63) is 58.5 Å². The summed E-state index contributed by atoms with van der Waals surface area (Å²) in [5.74, 6) is -0.827. The van der Waals surface area contributed by atoms with Crippen molar-refractivity contribution >= 4 is 22.1 Å². The molecule has 1 aliphatic heterocycles. The number of benzene rings is 1. The van der Waals surface area contributed by atoms with Gasteiger partial charge >= 0.3 is 0 Å². The molecule has 3 heterocycles. The van der Waals surface area contributed by atoms with Crippen molar-refractivity contribution in [1.29, 1.82) is 0 Å². The average Bonchev–Trinajstić information content (AvgIpc) is 3.18. The van der Waals surface area contributed by atoms with E-state index in [0.29, 0.717) is 13.1 Å². The first-order chi connectivity index (χ1) is 12.4. The van der Waals surface area contributed by atoms with Crippen LogP contribution < -0.4 is 0 Å². The Kier molecular flexibility index (Phi) is 4.06. The highest BCUT2D eigenvalue weighted by atomic mass is 32.1. The maximum absolute atomic E-state index is 13.4. The van der Waals surface area contributed by atoms with Gasteiger partial charge in [-0.1, -0.05) is 6.92 Å². The Bertz CT molecular complexity index is 966. The number of thiazole rings is 1. The molecule has 0 aliphatic carbocycles. The van der Waals surface area contributed by atoms with E-state index >= 15 is 0 Å². The lowest BCUT2D eigenvalue weighted by molar-refractivity contribution is 0.0673. The summed E-state index contributed by atoms with van der Waals surface area (Å²) in [4.78, 5) is 20.2. The minimum Gasteiger partial charge on any atom is -0.339 e. The number of nitrogens with zero attached hydrogens (tertiary/aromatic N) is 3. The third-order valence-electron chi connectivity index (χ3n) is 5.27. The molecule has 2 aromatic heterocycles. The fourth-order valence-corrected chi connectivity index (χ4v) is 4.68. The fourth-order valence-electron chi connectivity index (χ4n) is 3.66. The number of halogens is 2. The van der Waals surface area contributed by atoms with Crippen LogP contribution in [0.2, 0.25) is 0 Å². The van der Waals surface area contributed by atoms with Gasteiger partial charge in [-0.25, -0.2) is 13.8 Å². The molecule has 1 aliphatic rings. The fraction of sp³-hybridized carbons (Fsp3) is 0.368. The second-order valence-electron chi connectivity index (χ2n) is 7.10. The first kappa shape index (κ1) is 17.1. The standard InChI is InChI=1S/C19H19F2N3OS/c1-12-22-16(18-24(12)7-8-26-18)19(2)3-5-23(6-4-19)17(25)13-9-14(20)11-15(21)10-13/h7-11H,3-6H2,1-2H3. The molecule has 1 aromatic carbocycles. The predicted octanol–water partition coefficient (Wildman–Crippen LogP) is 4.18. The Hall–Kier alpha value is -2.28. The molecule has 1 fully saturated rings. The summed E-state index contributed by atoms with van der Waals surface area (Å²) in [5.41, 5.74) is 1.02. The van der Waals surface area contributed by atoms with Crippen molar-refractivity contribution in [1.82, 2.24) is 14.3 Å². The maximum atomic E-state index is 13.4. The second-order valence-corrected chi connectivity index (χ2v) is 7.99. The first-order valence-corrected chi connectivity index (χ1v) is 9.43. The molecule has 3 aromatic rings. The molecule has 0 saturated carbocycles. The lowest BCUT2D eigenvalue weighted by atomic mass is 9.77. The number of amides is 1. The van der Waals surface area contributed by atoms with E-state index in [1.165, 1.54) is 0 Å². The van der Waals surface area contributed by atoms with E-state index in [0.717, 1.165) is 47.4 Å². The minimum atomic E-state index is -0.733. The largest absolute Gasteiger partial charge is 0.339 e. The minimum absolute atomic E-state index is 0.0598. The van der Waals surface area contributed by atoms with Crippen LogP contribution in [0.4, 0.5) is 8.78 Å². The van der Waals surface area contributed by atoms with Crippen molar-refractivity contribution < 1.29 is 13.6 Å². The highest BCUT2D eigenvalue weighted by molar-refractivity contribution is 7.15. The molecule has 1 saturated heterocycles. The van der Waals surface area contributed by atoms with Gasteiger partial charge < -0.3 is 4.90 Å². The van der Waals surface area contributed by atoms with Crippen LogP contribution in [0.1, 0.15) is 41.6 Å². The number of fused-ring (bicyclic) bond motifs is 1. The van der Waals surface area contributed by atoms with Gasteiger partial charge in [0, 0.05) is 41.7 Å². The van der Waals surface area contributed by atoms with E-state index in [2.05, 4.69) is 11.3 Å². The Morgan fingerprint density at radius 1 is 1.19 bits per heavy atom. The molecule has 0 atom stereocenters. The zero-order valence-corrected chi connectivity index (χ0v) is 15.4. The molecular formula is C19H19F2N3OS. The summed E-state index contributed by atoms with van der Waals surface area (Å²) in [6.07, 6.45) is 3.55. The van der Waals surface area contributed by atoms with Crippen LogP contribution in [0.25, 0.3) is 4.83 Å². The smallest absolute Gasteiger partial charge is 0.254 e. The number of piperidine rings is 1. The van der Waals surface area contributed by atoms with E-state index in [-0.39, 0.29) is 16.9 Å². The lowest BCUT2D eigenvalue weighted by Crippen LogP contribution is -2.44. The first-order valence-electron chi connectivity index (χ1n) is 8.55. The van der Waals surface area contributed by atoms with Crippen LogP contribution in [0.15, 0.2) is 29.8 Å². The van der Waals surface area contributed by atoms with Gasteiger partial charge in [0.15, 0.2) is 0 Å². The molecule has 0 bridgehead atoms. The zero-order valence-electron chi connectivity index (χ0n) is 14.6. The number of carbonyl (C=O) groups excluding carboxylic acids is 1. The number of aromatic nitrogens is 2. The van der Waals surface area contributed by atoms with Crippen molar-refractivity contribution in [2.24, 2.45) is 0 Å². The van der Waals surface area contributed by atoms with Gasteiger partial charge in [0.25, 0.3) is 5.91 Å². The summed E-state index contributed by atoms with van der Waals surface area (Å²) in [6.45, 7) is 5.25. The van der Waals surface area contributed by atoms with E-state index in [9.17, 15) is 13.6 Å². The van der Waals surface area contributed by atoms with Crippen LogP contribution in [0.3, 0.4) is 0 Å². The van der Waals surface area contributed by atoms with Crippen LogP contribution in [0.5, 0.6) is 0 Å². The molecule has 0 unspecified atom stereocenters. The van der Waals surface area contributed by atoms with Crippen molar-refractivity contribution in [3.63, 3.8) is 0 Å². The maximum Gasteiger partial charge on any atom is 0.254 e. The quantitative estimate of drug-likeness (QED) is 0.674. The van der Waals surface area contributed by atoms with Crippen LogP contribution in [-0.4, -0.2) is 33.3 Å². The van der Waals surface area contributed by atoms with Gasteiger partial charge in [0.1, 0.15) is 22.3 Å². The summed E-state index contributed by atoms with van der Waals surface area (Å²) in [6, 6.07) is 2.96. The third kappa shape index (κ3) is 2.80. The Morgan fingerprint density at radius 2 is 1.85 bits per heavy atom. The van der Waals surface area contributed by atoms with Gasteiger partial charge in [-0.2, -0.15) is 0 Å². The molecule has 0 radical (unpaired) electrons. The number of hydrogen-bond donors (Lipinski definition) is 0. The molecule has 4 nitrogen and oxygen atoms in total.